The number of hydrogen-bond donors (Lipinski definition) is 1. The van der Waals surface area contributed by atoms with Gasteiger partial charge >= 0.3 is 0 Å². The van der Waals surface area contributed by atoms with E-state index in [0.717, 1.165) is 25.1 Å². The van der Waals surface area contributed by atoms with Gasteiger partial charge < -0.3 is 14.8 Å². The highest BCUT2D eigenvalue weighted by Crippen LogP contribution is 2.44. The first-order valence-electron chi connectivity index (χ1n) is 8.95. The lowest BCUT2D eigenvalue weighted by molar-refractivity contribution is 0.354. The second kappa shape index (κ2) is 8.55. The van der Waals surface area contributed by atoms with Crippen molar-refractivity contribution in [2.45, 2.75) is 36.3 Å². The molecule has 0 spiro atoms. The molecule has 1 aliphatic heterocycles. The molecule has 0 aliphatic carbocycles. The van der Waals surface area contributed by atoms with Gasteiger partial charge in [0.2, 0.25) is 0 Å². The minimum absolute atomic E-state index is 0.239. The number of rotatable bonds is 5. The van der Waals surface area contributed by atoms with E-state index in [1.165, 1.54) is 16.0 Å². The zero-order valence-electron chi connectivity index (χ0n) is 15.8. The van der Waals surface area contributed by atoms with Gasteiger partial charge in [-0.2, -0.15) is 0 Å². The van der Waals surface area contributed by atoms with Crippen LogP contribution in [0.5, 0.6) is 11.5 Å². The van der Waals surface area contributed by atoms with Crippen LogP contribution >= 0.6 is 23.4 Å². The first kappa shape index (κ1) is 19.4. The number of ether oxygens (including phenoxy) is 2. The smallest absolute Gasteiger partial charge is 0.179 e. The first-order valence-corrected chi connectivity index (χ1v) is 10.2. The van der Waals surface area contributed by atoms with Crippen molar-refractivity contribution in [3.8, 4) is 11.5 Å². The van der Waals surface area contributed by atoms with E-state index in [9.17, 15) is 0 Å². The van der Waals surface area contributed by atoms with Gasteiger partial charge in [0.15, 0.2) is 11.5 Å². The molecule has 0 bridgehead atoms. The summed E-state index contributed by atoms with van der Waals surface area (Å²) in [5.74, 6) is 1.55. The number of nitrogens with one attached hydrogen (secondary N) is 1. The topological polar surface area (TPSA) is 30.5 Å². The number of fused-ring (bicyclic) bond motifs is 1. The maximum absolute atomic E-state index is 6.68. The fraction of sp³-hybridized carbons (Fsp3) is 0.429. The summed E-state index contributed by atoms with van der Waals surface area (Å²) >= 11 is 8.57. The van der Waals surface area contributed by atoms with Gasteiger partial charge in [0.1, 0.15) is 0 Å². The Bertz CT molecular complexity index is 762. The monoisotopic (exact) mass is 391 g/mol. The number of benzene rings is 2. The van der Waals surface area contributed by atoms with Crippen molar-refractivity contribution in [3.05, 3.63) is 52.0 Å². The van der Waals surface area contributed by atoms with Crippen LogP contribution in [-0.2, 0) is 6.42 Å². The van der Waals surface area contributed by atoms with Crippen molar-refractivity contribution < 1.29 is 9.47 Å². The maximum Gasteiger partial charge on any atom is 0.179 e. The number of halogens is 1. The SMILES string of the molecule is COc1cc2c(c(Cl)c1OC)CCNCC2c1ccc(SC(C)C)cc1. The molecule has 3 rings (SSSR count). The van der Waals surface area contributed by atoms with Crippen LogP contribution in [0.2, 0.25) is 5.02 Å². The quantitative estimate of drug-likeness (QED) is 0.715. The maximum atomic E-state index is 6.68. The normalized spacial score (nSPS) is 16.9. The average molecular weight is 392 g/mol. The van der Waals surface area contributed by atoms with Crippen molar-refractivity contribution in [1.29, 1.82) is 0 Å². The third-order valence-corrected chi connectivity index (χ3v) is 6.09. The van der Waals surface area contributed by atoms with Crippen molar-refractivity contribution in [3.63, 3.8) is 0 Å². The molecule has 1 unspecified atom stereocenters. The fourth-order valence-corrected chi connectivity index (χ4v) is 4.70. The molecular weight excluding hydrogens is 366 g/mol. The highest BCUT2D eigenvalue weighted by molar-refractivity contribution is 7.99. The van der Waals surface area contributed by atoms with E-state index in [1.54, 1.807) is 14.2 Å². The van der Waals surface area contributed by atoms with Gasteiger partial charge in [-0.05, 0) is 47.9 Å². The Morgan fingerprint density at radius 3 is 2.50 bits per heavy atom. The third-order valence-electron chi connectivity index (χ3n) is 4.68. The van der Waals surface area contributed by atoms with E-state index < -0.39 is 0 Å². The zero-order valence-corrected chi connectivity index (χ0v) is 17.3. The summed E-state index contributed by atoms with van der Waals surface area (Å²) in [4.78, 5) is 1.30. The van der Waals surface area contributed by atoms with Crippen molar-refractivity contribution in [2.75, 3.05) is 27.3 Å². The van der Waals surface area contributed by atoms with Crippen LogP contribution < -0.4 is 14.8 Å². The molecular formula is C21H26ClNO2S. The Hall–Kier alpha value is -1.36. The number of thioether (sulfide) groups is 1. The van der Waals surface area contributed by atoms with Gasteiger partial charge in [0.05, 0.1) is 19.2 Å². The lowest BCUT2D eigenvalue weighted by atomic mass is 9.87. The van der Waals surface area contributed by atoms with Crippen molar-refractivity contribution >= 4 is 23.4 Å². The number of methoxy groups -OCH3 is 2. The van der Waals surface area contributed by atoms with E-state index in [0.29, 0.717) is 21.8 Å². The second-order valence-corrected chi connectivity index (χ2v) is 8.76. The lowest BCUT2D eigenvalue weighted by Crippen LogP contribution is -2.20. The van der Waals surface area contributed by atoms with Crippen molar-refractivity contribution in [2.24, 2.45) is 0 Å². The van der Waals surface area contributed by atoms with Crippen LogP contribution in [0.1, 0.15) is 36.5 Å². The molecule has 1 N–H and O–H groups in total. The van der Waals surface area contributed by atoms with E-state index in [1.807, 2.05) is 11.8 Å². The van der Waals surface area contributed by atoms with E-state index in [2.05, 4.69) is 49.5 Å². The molecule has 26 heavy (non-hydrogen) atoms. The van der Waals surface area contributed by atoms with Gasteiger partial charge in [-0.1, -0.05) is 37.6 Å². The van der Waals surface area contributed by atoms with Crippen LogP contribution in [0.3, 0.4) is 0 Å². The van der Waals surface area contributed by atoms with E-state index in [4.69, 9.17) is 21.1 Å². The molecule has 2 aromatic carbocycles. The third kappa shape index (κ3) is 3.98. The molecule has 0 amide bonds. The van der Waals surface area contributed by atoms with Crippen molar-refractivity contribution in [1.82, 2.24) is 5.32 Å². The van der Waals surface area contributed by atoms with Gasteiger partial charge in [-0.3, -0.25) is 0 Å². The zero-order chi connectivity index (χ0) is 18.7. The molecule has 0 saturated carbocycles. The summed E-state index contributed by atoms with van der Waals surface area (Å²) in [7, 11) is 3.29. The highest BCUT2D eigenvalue weighted by atomic mass is 35.5. The molecule has 0 saturated heterocycles. The Morgan fingerprint density at radius 1 is 1.15 bits per heavy atom. The highest BCUT2D eigenvalue weighted by Gasteiger charge is 2.26. The van der Waals surface area contributed by atoms with Gasteiger partial charge in [-0.25, -0.2) is 0 Å². The van der Waals surface area contributed by atoms with Crippen LogP contribution in [0, 0.1) is 0 Å². The standard InChI is InChI=1S/C21H26ClNO2S/c1-13(2)26-15-7-5-14(6-8-15)18-12-23-10-9-16-17(18)11-19(24-3)21(25-4)20(16)22/h5-8,11,13,18,23H,9-10,12H2,1-4H3. The molecule has 0 aromatic heterocycles. The Kier molecular flexibility index (Phi) is 6.38. The van der Waals surface area contributed by atoms with Crippen LogP contribution in [-0.4, -0.2) is 32.6 Å². The van der Waals surface area contributed by atoms with Crippen LogP contribution in [0.4, 0.5) is 0 Å². The first-order chi connectivity index (χ1) is 12.5. The minimum Gasteiger partial charge on any atom is -0.493 e. The summed E-state index contributed by atoms with van der Waals surface area (Å²) in [6, 6.07) is 11.0. The van der Waals surface area contributed by atoms with E-state index >= 15 is 0 Å². The summed E-state index contributed by atoms with van der Waals surface area (Å²) < 4.78 is 11.0. The predicted octanol–water partition coefficient (Wildman–Crippen LogP) is 5.14. The molecule has 3 nitrogen and oxygen atoms in total. The van der Waals surface area contributed by atoms with E-state index in [-0.39, 0.29) is 5.92 Å². The summed E-state index contributed by atoms with van der Waals surface area (Å²) in [5, 5.41) is 4.80. The fourth-order valence-electron chi connectivity index (χ4n) is 3.49. The lowest BCUT2D eigenvalue weighted by Gasteiger charge is -2.22. The molecule has 5 heteroatoms. The van der Waals surface area contributed by atoms with Crippen LogP contribution in [0.15, 0.2) is 35.2 Å². The average Bonchev–Trinajstić information content (AvgIpc) is 2.84. The molecule has 2 aromatic rings. The molecule has 0 fully saturated rings. The minimum atomic E-state index is 0.239. The van der Waals surface area contributed by atoms with Gasteiger partial charge in [0.25, 0.3) is 0 Å². The Balaban J connectivity index is 2.03. The van der Waals surface area contributed by atoms with Gasteiger partial charge in [0, 0.05) is 22.6 Å². The second-order valence-electron chi connectivity index (χ2n) is 6.74. The number of hydrogen-bond acceptors (Lipinski definition) is 4. The molecule has 1 aliphatic rings. The van der Waals surface area contributed by atoms with Gasteiger partial charge in [-0.15, -0.1) is 11.8 Å². The Morgan fingerprint density at radius 2 is 1.88 bits per heavy atom. The molecule has 1 heterocycles. The summed E-state index contributed by atoms with van der Waals surface area (Å²) in [6.45, 7) is 6.22. The largest absolute Gasteiger partial charge is 0.493 e. The molecule has 140 valence electrons. The Labute approximate surface area is 165 Å². The molecule has 1 atom stereocenters. The molecule has 0 radical (unpaired) electrons. The summed E-state index contributed by atoms with van der Waals surface area (Å²) in [5.41, 5.74) is 3.67. The van der Waals surface area contributed by atoms with Crippen LogP contribution in [0.25, 0.3) is 0 Å². The summed E-state index contributed by atoms with van der Waals surface area (Å²) in [6.07, 6.45) is 0.881. The predicted molar refractivity (Wildman–Crippen MR) is 110 cm³/mol.